The third-order valence-corrected chi connectivity index (χ3v) is 3.96. The number of rotatable bonds is 6. The molecule has 1 aliphatic carbocycles. The van der Waals surface area contributed by atoms with E-state index in [9.17, 15) is 13.2 Å². The first-order chi connectivity index (χ1) is 10.6. The highest BCUT2D eigenvalue weighted by Crippen LogP contribution is 2.32. The van der Waals surface area contributed by atoms with Crippen LogP contribution in [0.2, 0.25) is 0 Å². The summed E-state index contributed by atoms with van der Waals surface area (Å²) >= 11 is 0. The van der Waals surface area contributed by atoms with Crippen LogP contribution >= 0.6 is 0 Å². The lowest BCUT2D eigenvalue weighted by molar-refractivity contribution is 0.141. The van der Waals surface area contributed by atoms with Gasteiger partial charge in [0.1, 0.15) is 5.69 Å². The number of aryl methyl sites for hydroxylation is 1. The number of nitrogens with zero attached hydrogens (tertiary/aromatic N) is 3. The zero-order valence-electron chi connectivity index (χ0n) is 12.3. The van der Waals surface area contributed by atoms with Gasteiger partial charge in [-0.3, -0.25) is 4.90 Å². The second kappa shape index (κ2) is 6.12. The van der Waals surface area contributed by atoms with Gasteiger partial charge >= 0.3 is 0 Å². The van der Waals surface area contributed by atoms with E-state index in [1.54, 1.807) is 0 Å². The third kappa shape index (κ3) is 3.16. The molecule has 118 valence electrons. The zero-order valence-corrected chi connectivity index (χ0v) is 12.3. The van der Waals surface area contributed by atoms with Crippen molar-refractivity contribution in [1.82, 2.24) is 14.7 Å². The van der Waals surface area contributed by atoms with Gasteiger partial charge in [-0.25, -0.2) is 13.5 Å². The molecular formula is C16H18F3N3. The molecule has 0 bridgehead atoms. The van der Waals surface area contributed by atoms with E-state index in [-0.39, 0.29) is 12.1 Å². The Bertz CT molecular complexity index is 636. The predicted molar refractivity (Wildman–Crippen MR) is 76.8 cm³/mol. The average molecular weight is 309 g/mol. The van der Waals surface area contributed by atoms with Crippen LogP contribution in [0.25, 0.3) is 0 Å². The fraction of sp³-hybridized carbons (Fsp3) is 0.438. The molecule has 0 saturated heterocycles. The summed E-state index contributed by atoms with van der Waals surface area (Å²) < 4.78 is 41.1. The molecule has 3 rings (SSSR count). The Kier molecular flexibility index (Phi) is 4.20. The van der Waals surface area contributed by atoms with Crippen LogP contribution in [0.5, 0.6) is 0 Å². The van der Waals surface area contributed by atoms with Crippen molar-refractivity contribution in [2.24, 2.45) is 7.05 Å². The molecule has 0 N–H and O–H groups in total. The van der Waals surface area contributed by atoms with Gasteiger partial charge in [0.15, 0.2) is 0 Å². The molecular weight excluding hydrogens is 291 g/mol. The lowest BCUT2D eigenvalue weighted by Gasteiger charge is -2.22. The van der Waals surface area contributed by atoms with Crippen molar-refractivity contribution in [3.8, 4) is 0 Å². The molecule has 0 aliphatic heterocycles. The predicted octanol–water partition coefficient (Wildman–Crippen LogP) is 3.66. The highest BCUT2D eigenvalue weighted by Gasteiger charge is 2.32. The minimum atomic E-state index is -2.76. The Morgan fingerprint density at radius 2 is 1.91 bits per heavy atom. The molecule has 1 saturated carbocycles. The third-order valence-electron chi connectivity index (χ3n) is 3.96. The molecule has 0 amide bonds. The second-order valence-electron chi connectivity index (χ2n) is 5.70. The number of alkyl halides is 2. The molecule has 0 unspecified atom stereocenters. The Labute approximate surface area is 127 Å². The Balaban J connectivity index is 1.83. The maximum atomic E-state index is 14.1. The van der Waals surface area contributed by atoms with E-state index in [0.717, 1.165) is 23.1 Å². The molecule has 1 aromatic carbocycles. The van der Waals surface area contributed by atoms with E-state index in [1.165, 1.54) is 7.05 Å². The van der Waals surface area contributed by atoms with Gasteiger partial charge in [-0.2, -0.15) is 9.49 Å². The summed E-state index contributed by atoms with van der Waals surface area (Å²) in [6.07, 6.45) is -0.708. The van der Waals surface area contributed by atoms with Gasteiger partial charge in [0.05, 0.1) is 5.56 Å². The van der Waals surface area contributed by atoms with Gasteiger partial charge < -0.3 is 0 Å². The molecule has 1 fully saturated rings. The summed E-state index contributed by atoms with van der Waals surface area (Å²) in [5, 5.41) is 3.61. The van der Waals surface area contributed by atoms with Gasteiger partial charge in [-0.05, 0) is 18.4 Å². The molecule has 2 aromatic rings. The minimum absolute atomic E-state index is 0.0142. The first-order valence-electron chi connectivity index (χ1n) is 7.33. The van der Waals surface area contributed by atoms with Crippen LogP contribution < -0.4 is 0 Å². The minimum Gasteiger partial charge on any atom is -0.292 e. The van der Waals surface area contributed by atoms with Crippen LogP contribution in [-0.4, -0.2) is 20.7 Å². The SMILES string of the molecule is Cn1nc(C(F)F)c(CN(Cc2ccccc2)C2CC2)c1F. The van der Waals surface area contributed by atoms with Crippen LogP contribution in [0.4, 0.5) is 13.2 Å². The van der Waals surface area contributed by atoms with Crippen LogP contribution in [0, 0.1) is 5.95 Å². The fourth-order valence-corrected chi connectivity index (χ4v) is 2.66. The largest absolute Gasteiger partial charge is 0.292 e. The van der Waals surface area contributed by atoms with E-state index in [1.807, 2.05) is 30.3 Å². The van der Waals surface area contributed by atoms with Gasteiger partial charge in [-0.15, -0.1) is 0 Å². The monoisotopic (exact) mass is 309 g/mol. The molecule has 6 heteroatoms. The number of benzene rings is 1. The summed E-state index contributed by atoms with van der Waals surface area (Å²) in [6.45, 7) is 0.793. The number of aromatic nitrogens is 2. The summed E-state index contributed by atoms with van der Waals surface area (Å²) in [4.78, 5) is 2.06. The summed E-state index contributed by atoms with van der Waals surface area (Å²) in [7, 11) is 1.35. The lowest BCUT2D eigenvalue weighted by Crippen LogP contribution is -2.26. The highest BCUT2D eigenvalue weighted by molar-refractivity contribution is 5.21. The average Bonchev–Trinajstić information content (AvgIpc) is 3.30. The number of hydrogen-bond acceptors (Lipinski definition) is 2. The fourth-order valence-electron chi connectivity index (χ4n) is 2.66. The Morgan fingerprint density at radius 1 is 1.23 bits per heavy atom. The van der Waals surface area contributed by atoms with Crippen molar-refractivity contribution in [1.29, 1.82) is 0 Å². The zero-order chi connectivity index (χ0) is 15.7. The van der Waals surface area contributed by atoms with Gasteiger partial charge in [0, 0.05) is 26.2 Å². The number of hydrogen-bond donors (Lipinski definition) is 0. The van der Waals surface area contributed by atoms with Crippen molar-refractivity contribution in [2.75, 3.05) is 0 Å². The molecule has 0 atom stereocenters. The number of halogens is 3. The van der Waals surface area contributed by atoms with Crippen LogP contribution in [0.15, 0.2) is 30.3 Å². The molecule has 0 radical (unpaired) electrons. The van der Waals surface area contributed by atoms with E-state index >= 15 is 0 Å². The molecule has 1 heterocycles. The van der Waals surface area contributed by atoms with Crippen molar-refractivity contribution in [3.63, 3.8) is 0 Å². The molecule has 1 aromatic heterocycles. The molecule has 3 nitrogen and oxygen atoms in total. The summed E-state index contributed by atoms with van der Waals surface area (Å²) in [5.74, 6) is -0.672. The van der Waals surface area contributed by atoms with Crippen LogP contribution in [-0.2, 0) is 20.1 Å². The van der Waals surface area contributed by atoms with E-state index in [0.29, 0.717) is 12.6 Å². The normalized spacial score (nSPS) is 15.0. The van der Waals surface area contributed by atoms with Gasteiger partial charge in [0.25, 0.3) is 6.43 Å². The van der Waals surface area contributed by atoms with E-state index in [2.05, 4.69) is 10.00 Å². The quantitative estimate of drug-likeness (QED) is 0.812. The Morgan fingerprint density at radius 3 is 2.50 bits per heavy atom. The first kappa shape index (κ1) is 15.1. The highest BCUT2D eigenvalue weighted by atomic mass is 19.3. The van der Waals surface area contributed by atoms with Gasteiger partial charge in [0.2, 0.25) is 5.95 Å². The van der Waals surface area contributed by atoms with Crippen LogP contribution in [0.1, 0.15) is 36.1 Å². The second-order valence-corrected chi connectivity index (χ2v) is 5.70. The van der Waals surface area contributed by atoms with Crippen molar-refractivity contribution in [2.45, 2.75) is 38.4 Å². The topological polar surface area (TPSA) is 21.1 Å². The smallest absolute Gasteiger partial charge is 0.282 e. The van der Waals surface area contributed by atoms with E-state index in [4.69, 9.17) is 0 Å². The van der Waals surface area contributed by atoms with Crippen LogP contribution in [0.3, 0.4) is 0 Å². The maximum absolute atomic E-state index is 14.1. The van der Waals surface area contributed by atoms with Gasteiger partial charge in [-0.1, -0.05) is 30.3 Å². The summed E-state index contributed by atoms with van der Waals surface area (Å²) in [5.41, 5.74) is 0.663. The van der Waals surface area contributed by atoms with Crippen molar-refractivity contribution < 1.29 is 13.2 Å². The summed E-state index contributed by atoms with van der Waals surface area (Å²) in [6, 6.07) is 10.1. The standard InChI is InChI=1S/C16H18F3N3/c1-21-16(19)13(14(20-21)15(17)18)10-22(12-7-8-12)9-11-5-3-2-4-6-11/h2-6,12,15H,7-10H2,1H3. The maximum Gasteiger partial charge on any atom is 0.282 e. The molecule has 0 spiro atoms. The van der Waals surface area contributed by atoms with E-state index < -0.39 is 18.1 Å². The van der Waals surface area contributed by atoms with Crippen molar-refractivity contribution >= 4 is 0 Å². The Hall–Kier alpha value is -1.82. The van der Waals surface area contributed by atoms with Crippen molar-refractivity contribution in [3.05, 3.63) is 53.1 Å². The lowest BCUT2D eigenvalue weighted by atomic mass is 10.1. The first-order valence-corrected chi connectivity index (χ1v) is 7.33. The molecule has 1 aliphatic rings. The molecule has 22 heavy (non-hydrogen) atoms.